The Hall–Kier alpha value is -1.36. The number of nitrogens with one attached hydrogen (secondary N) is 1. The number of nitrogens with two attached hydrogens (primary N) is 1. The van der Waals surface area contributed by atoms with Gasteiger partial charge in [-0.2, -0.15) is 0 Å². The summed E-state index contributed by atoms with van der Waals surface area (Å²) in [4.78, 5) is 10.5. The van der Waals surface area contributed by atoms with Crippen LogP contribution in [0, 0.1) is 11.3 Å². The normalized spacial score (nSPS) is 18.4. The van der Waals surface area contributed by atoms with E-state index in [1.54, 1.807) is 0 Å². The summed E-state index contributed by atoms with van der Waals surface area (Å²) < 4.78 is 5.24. The predicted molar refractivity (Wildman–Crippen MR) is 60.4 cm³/mol. The van der Waals surface area contributed by atoms with E-state index in [2.05, 4.69) is 0 Å². The Morgan fingerprint density at radius 1 is 1.50 bits per heavy atom. The highest BCUT2D eigenvalue weighted by Gasteiger charge is 2.14. The van der Waals surface area contributed by atoms with Crippen LogP contribution in [-0.2, 0) is 9.53 Å². The maximum absolute atomic E-state index is 10.5. The molecule has 0 atom stereocenters. The van der Waals surface area contributed by atoms with Crippen molar-refractivity contribution in [1.82, 2.24) is 0 Å². The van der Waals surface area contributed by atoms with Gasteiger partial charge in [-0.1, -0.05) is 0 Å². The Morgan fingerprint density at radius 3 is 2.69 bits per heavy atom. The quantitative estimate of drug-likeness (QED) is 0.372. The van der Waals surface area contributed by atoms with Crippen LogP contribution in [0.5, 0.6) is 0 Å². The van der Waals surface area contributed by atoms with Crippen molar-refractivity contribution in [2.45, 2.75) is 25.7 Å². The summed E-state index contributed by atoms with van der Waals surface area (Å²) in [6.45, 7) is 1.58. The summed E-state index contributed by atoms with van der Waals surface area (Å²) >= 11 is 0. The minimum atomic E-state index is -0.893. The molecule has 0 spiro atoms. The smallest absolute Gasteiger partial charge is 0.283 e. The highest BCUT2D eigenvalue weighted by atomic mass is 16.5. The highest BCUT2D eigenvalue weighted by molar-refractivity contribution is 6.00. The Morgan fingerprint density at radius 2 is 2.12 bits per heavy atom. The third kappa shape index (κ3) is 4.44. The van der Waals surface area contributed by atoms with Gasteiger partial charge in [0, 0.05) is 25.0 Å². The lowest BCUT2D eigenvalue weighted by Gasteiger charge is -2.21. The van der Waals surface area contributed by atoms with E-state index in [4.69, 9.17) is 21.0 Å². The van der Waals surface area contributed by atoms with Crippen LogP contribution in [0.25, 0.3) is 0 Å². The van der Waals surface area contributed by atoms with Gasteiger partial charge in [0.2, 0.25) is 0 Å². The molecule has 5 heteroatoms. The fraction of sp³-hybridized carbons (Fsp3) is 0.636. The summed E-state index contributed by atoms with van der Waals surface area (Å²) in [6.07, 6.45) is 4.63. The number of amides is 1. The number of primary amides is 1. The zero-order valence-corrected chi connectivity index (χ0v) is 9.24. The van der Waals surface area contributed by atoms with E-state index in [1.165, 1.54) is 0 Å². The Bertz CT molecular complexity index is 294. The molecule has 5 nitrogen and oxygen atoms in total. The number of hydrogen-bond donors (Lipinski definition) is 3. The number of rotatable bonds is 5. The fourth-order valence-electron chi connectivity index (χ4n) is 1.70. The topological polar surface area (TPSA) is 96.4 Å². The molecule has 0 radical (unpaired) electrons. The van der Waals surface area contributed by atoms with Crippen molar-refractivity contribution in [2.24, 2.45) is 11.7 Å². The van der Waals surface area contributed by atoms with E-state index in [0.29, 0.717) is 12.3 Å². The molecule has 16 heavy (non-hydrogen) atoms. The maximum atomic E-state index is 10.5. The van der Waals surface area contributed by atoms with Crippen molar-refractivity contribution in [3.8, 4) is 0 Å². The van der Waals surface area contributed by atoms with Gasteiger partial charge in [0.25, 0.3) is 5.91 Å². The molecule has 0 unspecified atom stereocenters. The first-order valence-electron chi connectivity index (χ1n) is 5.45. The van der Waals surface area contributed by atoms with Gasteiger partial charge in [-0.25, -0.2) is 0 Å². The Kier molecular flexibility index (Phi) is 4.98. The van der Waals surface area contributed by atoms with Gasteiger partial charge < -0.3 is 21.0 Å². The first-order valence-corrected chi connectivity index (χ1v) is 5.45. The third-order valence-corrected chi connectivity index (χ3v) is 2.73. The van der Waals surface area contributed by atoms with E-state index in [0.717, 1.165) is 38.6 Å². The number of carbonyl (C=O) groups is 1. The van der Waals surface area contributed by atoms with Crippen LogP contribution in [-0.4, -0.2) is 29.9 Å². The average Bonchev–Trinajstić information content (AvgIpc) is 2.27. The number of carbonyl (C=O) groups excluding carboxylic acids is 1. The molecule has 0 aromatic heterocycles. The summed E-state index contributed by atoms with van der Waals surface area (Å²) in [7, 11) is 0. The van der Waals surface area contributed by atoms with Crippen molar-refractivity contribution in [1.29, 1.82) is 5.41 Å². The van der Waals surface area contributed by atoms with Crippen molar-refractivity contribution in [2.75, 3.05) is 13.2 Å². The Labute approximate surface area is 94.8 Å². The maximum Gasteiger partial charge on any atom is 0.283 e. The van der Waals surface area contributed by atoms with Crippen LogP contribution in [0.1, 0.15) is 25.7 Å². The molecule has 4 N–H and O–H groups in total. The molecule has 90 valence electrons. The third-order valence-electron chi connectivity index (χ3n) is 2.73. The summed E-state index contributed by atoms with van der Waals surface area (Å²) in [5.74, 6) is -0.856. The number of hydrogen-bond acceptors (Lipinski definition) is 4. The summed E-state index contributed by atoms with van der Waals surface area (Å²) in [5, 5.41) is 16.6. The number of aliphatic hydroxyl groups is 1. The summed E-state index contributed by atoms with van der Waals surface area (Å²) in [5.41, 5.74) is 5.09. The average molecular weight is 226 g/mol. The van der Waals surface area contributed by atoms with Gasteiger partial charge in [0.05, 0.1) is 0 Å². The van der Waals surface area contributed by atoms with E-state index in [-0.39, 0.29) is 5.71 Å². The van der Waals surface area contributed by atoms with Crippen LogP contribution in [0.15, 0.2) is 11.8 Å². The second kappa shape index (κ2) is 6.27. The molecule has 0 bridgehead atoms. The van der Waals surface area contributed by atoms with Crippen LogP contribution in [0.4, 0.5) is 0 Å². The second-order valence-electron chi connectivity index (χ2n) is 4.01. The van der Waals surface area contributed by atoms with E-state index in [1.807, 2.05) is 0 Å². The number of allylic oxidation sites excluding steroid dienone is 1. The molecule has 1 saturated heterocycles. The predicted octanol–water partition coefficient (Wildman–Crippen LogP) is 1.14. The zero-order chi connectivity index (χ0) is 12.0. The minimum absolute atomic E-state index is 0.239. The highest BCUT2D eigenvalue weighted by Crippen LogP contribution is 2.20. The molecule has 0 aromatic rings. The van der Waals surface area contributed by atoms with E-state index in [9.17, 15) is 4.79 Å². The lowest BCUT2D eigenvalue weighted by atomic mass is 9.93. The van der Waals surface area contributed by atoms with Gasteiger partial charge in [0.1, 0.15) is 0 Å². The van der Waals surface area contributed by atoms with Crippen LogP contribution in [0.3, 0.4) is 0 Å². The van der Waals surface area contributed by atoms with Gasteiger partial charge in [-0.15, -0.1) is 0 Å². The van der Waals surface area contributed by atoms with Crippen molar-refractivity contribution in [3.63, 3.8) is 0 Å². The largest absolute Gasteiger partial charge is 0.503 e. The molecule has 1 fully saturated rings. The van der Waals surface area contributed by atoms with Crippen LogP contribution >= 0.6 is 0 Å². The second-order valence-corrected chi connectivity index (χ2v) is 4.01. The lowest BCUT2D eigenvalue weighted by molar-refractivity contribution is -0.116. The lowest BCUT2D eigenvalue weighted by Crippen LogP contribution is -2.17. The number of aliphatic hydroxyl groups excluding tert-OH is 1. The van der Waals surface area contributed by atoms with Crippen LogP contribution < -0.4 is 5.73 Å². The molecule has 0 aromatic carbocycles. The van der Waals surface area contributed by atoms with Gasteiger partial charge in [0.15, 0.2) is 5.76 Å². The first kappa shape index (κ1) is 12.7. The molecular weight excluding hydrogens is 208 g/mol. The summed E-state index contributed by atoms with van der Waals surface area (Å²) in [6, 6.07) is 0. The Balaban J connectivity index is 2.29. The molecular formula is C11H18N2O3. The van der Waals surface area contributed by atoms with Crippen molar-refractivity contribution >= 4 is 11.6 Å². The standard InChI is InChI=1S/C11H18N2O3/c12-9(7-10(14)11(13)15)2-1-8-3-5-16-6-4-8/h7-8,12,14H,1-6H2,(H2,13,15)/b10-7+,12-9?. The van der Waals surface area contributed by atoms with Gasteiger partial charge in [-0.3, -0.25) is 4.79 Å². The van der Waals surface area contributed by atoms with E-state index < -0.39 is 11.7 Å². The van der Waals surface area contributed by atoms with Gasteiger partial charge >= 0.3 is 0 Å². The van der Waals surface area contributed by atoms with Crippen LogP contribution in [0.2, 0.25) is 0 Å². The zero-order valence-electron chi connectivity index (χ0n) is 9.24. The molecule has 1 heterocycles. The fourth-order valence-corrected chi connectivity index (χ4v) is 1.70. The monoisotopic (exact) mass is 226 g/mol. The molecule has 1 rings (SSSR count). The molecule has 0 aliphatic carbocycles. The molecule has 1 amide bonds. The van der Waals surface area contributed by atoms with Gasteiger partial charge in [-0.05, 0) is 31.6 Å². The number of ether oxygens (including phenoxy) is 1. The van der Waals surface area contributed by atoms with Crippen molar-refractivity contribution < 1.29 is 14.6 Å². The SMILES string of the molecule is N=C(/C=C(/O)C(N)=O)CCC1CCOCC1. The molecule has 0 saturated carbocycles. The molecule has 1 aliphatic heterocycles. The van der Waals surface area contributed by atoms with E-state index >= 15 is 0 Å². The molecule has 1 aliphatic rings. The first-order chi connectivity index (χ1) is 7.59. The minimum Gasteiger partial charge on any atom is -0.503 e. The van der Waals surface area contributed by atoms with Crippen molar-refractivity contribution in [3.05, 3.63) is 11.8 Å².